The van der Waals surface area contributed by atoms with E-state index in [1.54, 1.807) is 11.8 Å². The highest BCUT2D eigenvalue weighted by atomic mass is 32.2. The monoisotopic (exact) mass is 254 g/mol. The first-order chi connectivity index (χ1) is 8.33. The zero-order valence-electron chi connectivity index (χ0n) is 11.2. The summed E-state index contributed by atoms with van der Waals surface area (Å²) in [5.74, 6) is 1.95. The Morgan fingerprint density at radius 2 is 1.88 bits per heavy atom. The molecule has 0 amide bonds. The van der Waals surface area contributed by atoms with Crippen molar-refractivity contribution in [3.8, 4) is 0 Å². The Morgan fingerprint density at radius 3 is 2.41 bits per heavy atom. The summed E-state index contributed by atoms with van der Waals surface area (Å²) in [4.78, 5) is 11.2. The smallest absolute Gasteiger partial charge is 0.191 e. The van der Waals surface area contributed by atoms with Crippen LogP contribution in [0.1, 0.15) is 26.7 Å². The molecule has 0 unspecified atom stereocenters. The number of anilines is 2. The maximum atomic E-state index is 4.52. The van der Waals surface area contributed by atoms with E-state index in [4.69, 9.17) is 0 Å². The lowest BCUT2D eigenvalue weighted by atomic mass is 10.4. The molecule has 1 saturated heterocycles. The van der Waals surface area contributed by atoms with Crippen LogP contribution in [0.5, 0.6) is 0 Å². The normalized spacial score (nSPS) is 14.2. The minimum Gasteiger partial charge on any atom is -0.373 e. The Kier molecular flexibility index (Phi) is 6.11. The fourth-order valence-electron chi connectivity index (χ4n) is 1.74. The number of hydrogen-bond acceptors (Lipinski definition) is 5. The Labute approximate surface area is 108 Å². The number of rotatable bonds is 3. The maximum absolute atomic E-state index is 4.52. The van der Waals surface area contributed by atoms with E-state index in [0.29, 0.717) is 0 Å². The molecule has 0 atom stereocenters. The van der Waals surface area contributed by atoms with E-state index >= 15 is 0 Å². The van der Waals surface area contributed by atoms with Crippen molar-refractivity contribution < 1.29 is 0 Å². The second-order valence-electron chi connectivity index (χ2n) is 3.54. The second kappa shape index (κ2) is 7.37. The van der Waals surface area contributed by atoms with Crippen molar-refractivity contribution in [2.75, 3.05) is 36.6 Å². The lowest BCUT2D eigenvalue weighted by molar-refractivity contribution is 0.881. The molecule has 1 aliphatic heterocycles. The van der Waals surface area contributed by atoms with E-state index < -0.39 is 0 Å². The highest BCUT2D eigenvalue weighted by Gasteiger charge is 2.15. The number of thioether (sulfide) groups is 1. The number of hydrogen-bond donors (Lipinski definition) is 1. The van der Waals surface area contributed by atoms with Gasteiger partial charge in [0.25, 0.3) is 0 Å². The fraction of sp³-hybridized carbons (Fsp3) is 0.667. The SMILES string of the molecule is CC.CNc1cc(N2CCCC2)nc(SC)n1. The molecule has 2 heterocycles. The van der Waals surface area contributed by atoms with Gasteiger partial charge in [0.05, 0.1) is 0 Å². The van der Waals surface area contributed by atoms with Crippen LogP contribution in [-0.2, 0) is 0 Å². The van der Waals surface area contributed by atoms with Gasteiger partial charge < -0.3 is 10.2 Å². The fourth-order valence-corrected chi connectivity index (χ4v) is 2.11. The third-order valence-electron chi connectivity index (χ3n) is 2.56. The molecule has 0 radical (unpaired) electrons. The van der Waals surface area contributed by atoms with E-state index in [2.05, 4.69) is 20.2 Å². The summed E-state index contributed by atoms with van der Waals surface area (Å²) in [6.45, 7) is 6.24. The molecule has 1 fully saturated rings. The largest absolute Gasteiger partial charge is 0.373 e. The summed E-state index contributed by atoms with van der Waals surface area (Å²) in [6.07, 6.45) is 4.55. The minimum absolute atomic E-state index is 0.837. The molecule has 0 saturated carbocycles. The summed E-state index contributed by atoms with van der Waals surface area (Å²) in [5, 5.41) is 3.91. The van der Waals surface area contributed by atoms with Gasteiger partial charge in [-0.3, -0.25) is 0 Å². The van der Waals surface area contributed by atoms with Crippen LogP contribution in [0.2, 0.25) is 0 Å². The van der Waals surface area contributed by atoms with Crippen LogP contribution in [0.4, 0.5) is 11.6 Å². The zero-order chi connectivity index (χ0) is 12.7. The van der Waals surface area contributed by atoms with Gasteiger partial charge >= 0.3 is 0 Å². The molecular formula is C12H22N4S. The van der Waals surface area contributed by atoms with Crippen molar-refractivity contribution in [3.63, 3.8) is 0 Å². The standard InChI is InChI=1S/C10H16N4S.C2H6/c1-11-8-7-9(13-10(12-8)15-2)14-5-3-4-6-14;1-2/h7H,3-6H2,1-2H3,(H,11,12,13);1-2H3. The van der Waals surface area contributed by atoms with Gasteiger partial charge in [0.15, 0.2) is 5.16 Å². The van der Waals surface area contributed by atoms with E-state index in [-0.39, 0.29) is 0 Å². The predicted molar refractivity (Wildman–Crippen MR) is 76.2 cm³/mol. The predicted octanol–water partition coefficient (Wildman–Crippen LogP) is 2.87. The van der Waals surface area contributed by atoms with Crippen molar-refractivity contribution in [1.82, 2.24) is 9.97 Å². The van der Waals surface area contributed by atoms with Crippen molar-refractivity contribution in [1.29, 1.82) is 0 Å². The van der Waals surface area contributed by atoms with Gasteiger partial charge in [-0.2, -0.15) is 0 Å². The molecule has 0 spiro atoms. The van der Waals surface area contributed by atoms with E-state index in [0.717, 1.165) is 29.9 Å². The molecule has 1 aromatic heterocycles. The van der Waals surface area contributed by atoms with Crippen LogP contribution in [0, 0.1) is 0 Å². The lowest BCUT2D eigenvalue weighted by Crippen LogP contribution is -2.19. The zero-order valence-corrected chi connectivity index (χ0v) is 12.0. The second-order valence-corrected chi connectivity index (χ2v) is 4.32. The van der Waals surface area contributed by atoms with Gasteiger partial charge in [-0.1, -0.05) is 25.6 Å². The molecule has 96 valence electrons. The average Bonchev–Trinajstić information content (AvgIpc) is 2.94. The number of nitrogens with one attached hydrogen (secondary N) is 1. The first-order valence-corrected chi connectivity index (χ1v) is 7.41. The quantitative estimate of drug-likeness (QED) is 0.663. The third-order valence-corrected chi connectivity index (χ3v) is 3.11. The van der Waals surface area contributed by atoms with Gasteiger partial charge in [0.1, 0.15) is 11.6 Å². The Morgan fingerprint density at radius 1 is 1.24 bits per heavy atom. The molecular weight excluding hydrogens is 232 g/mol. The van der Waals surface area contributed by atoms with Crippen molar-refractivity contribution >= 4 is 23.4 Å². The highest BCUT2D eigenvalue weighted by Crippen LogP contribution is 2.23. The maximum Gasteiger partial charge on any atom is 0.191 e. The minimum atomic E-state index is 0.837. The van der Waals surface area contributed by atoms with Crippen LogP contribution in [0.25, 0.3) is 0 Å². The Balaban J connectivity index is 0.000000686. The van der Waals surface area contributed by atoms with Gasteiger partial charge in [-0.25, -0.2) is 9.97 Å². The molecule has 0 aliphatic carbocycles. The van der Waals surface area contributed by atoms with Crippen LogP contribution >= 0.6 is 11.8 Å². The average molecular weight is 254 g/mol. The van der Waals surface area contributed by atoms with Crippen LogP contribution in [-0.4, -0.2) is 36.4 Å². The third kappa shape index (κ3) is 3.77. The summed E-state index contributed by atoms with van der Waals surface area (Å²) in [7, 11) is 1.89. The summed E-state index contributed by atoms with van der Waals surface area (Å²) in [5.41, 5.74) is 0. The van der Waals surface area contributed by atoms with Gasteiger partial charge in [0, 0.05) is 26.2 Å². The molecule has 0 aromatic carbocycles. The lowest BCUT2D eigenvalue weighted by Gasteiger charge is -2.17. The van der Waals surface area contributed by atoms with E-state index in [1.807, 2.05) is 33.2 Å². The molecule has 0 bridgehead atoms. The van der Waals surface area contributed by atoms with E-state index in [1.165, 1.54) is 12.8 Å². The first kappa shape index (κ1) is 14.1. The Hall–Kier alpha value is -0.970. The van der Waals surface area contributed by atoms with Crippen LogP contribution in [0.15, 0.2) is 11.2 Å². The van der Waals surface area contributed by atoms with Crippen LogP contribution < -0.4 is 10.2 Å². The van der Waals surface area contributed by atoms with Crippen molar-refractivity contribution in [2.24, 2.45) is 0 Å². The molecule has 17 heavy (non-hydrogen) atoms. The number of aromatic nitrogens is 2. The topological polar surface area (TPSA) is 41.0 Å². The van der Waals surface area contributed by atoms with Gasteiger partial charge in [0.2, 0.25) is 0 Å². The molecule has 1 N–H and O–H groups in total. The summed E-state index contributed by atoms with van der Waals surface area (Å²) >= 11 is 1.58. The van der Waals surface area contributed by atoms with Crippen molar-refractivity contribution in [3.05, 3.63) is 6.07 Å². The summed E-state index contributed by atoms with van der Waals surface area (Å²) < 4.78 is 0. The van der Waals surface area contributed by atoms with E-state index in [9.17, 15) is 0 Å². The molecule has 5 heteroatoms. The molecule has 4 nitrogen and oxygen atoms in total. The molecule has 1 aliphatic rings. The molecule has 1 aromatic rings. The summed E-state index contributed by atoms with van der Waals surface area (Å²) in [6, 6.07) is 2.02. The number of nitrogens with zero attached hydrogens (tertiary/aromatic N) is 3. The first-order valence-electron chi connectivity index (χ1n) is 6.19. The van der Waals surface area contributed by atoms with Crippen LogP contribution in [0.3, 0.4) is 0 Å². The van der Waals surface area contributed by atoms with Crippen molar-refractivity contribution in [2.45, 2.75) is 31.8 Å². The van der Waals surface area contributed by atoms with Gasteiger partial charge in [-0.05, 0) is 19.1 Å². The van der Waals surface area contributed by atoms with Gasteiger partial charge in [-0.15, -0.1) is 0 Å². The Bertz CT molecular complexity index is 315. The molecule has 2 rings (SSSR count). The highest BCUT2D eigenvalue weighted by molar-refractivity contribution is 7.98.